The molecule has 0 bridgehead atoms. The minimum atomic E-state index is -4.32. The summed E-state index contributed by atoms with van der Waals surface area (Å²) in [5, 5.41) is 7.09. The summed E-state index contributed by atoms with van der Waals surface area (Å²) < 4.78 is 39.8. The average molecular weight is 389 g/mol. The van der Waals surface area contributed by atoms with Crippen LogP contribution in [-0.2, 0) is 6.18 Å². The minimum absolute atomic E-state index is 0.108. The van der Waals surface area contributed by atoms with Crippen LogP contribution in [0.15, 0.2) is 48.5 Å². The number of halogens is 3. The molecule has 0 radical (unpaired) electrons. The highest BCUT2D eigenvalue weighted by Gasteiger charge is 2.45. The van der Waals surface area contributed by atoms with E-state index in [1.807, 2.05) is 18.2 Å². The summed E-state index contributed by atoms with van der Waals surface area (Å²) in [7, 11) is 0. The molecule has 1 aliphatic heterocycles. The fourth-order valence-electron chi connectivity index (χ4n) is 4.81. The van der Waals surface area contributed by atoms with E-state index in [0.29, 0.717) is 12.6 Å². The molecule has 0 saturated heterocycles. The van der Waals surface area contributed by atoms with Crippen LogP contribution in [0.25, 0.3) is 0 Å². The number of hydrogen-bond donors (Lipinski definition) is 3. The number of fused-ring (bicyclic) bond motifs is 3. The van der Waals surface area contributed by atoms with Crippen LogP contribution in [0.4, 0.5) is 18.9 Å². The second kappa shape index (κ2) is 7.76. The first-order valence-electron chi connectivity index (χ1n) is 9.93. The molecule has 0 unspecified atom stereocenters. The van der Waals surface area contributed by atoms with E-state index in [9.17, 15) is 13.2 Å². The standard InChI is InChI=1S/C22H26F3N3/c23-22(24,25)15-7-8-20-18(11-15)17-12-16(27-10-4-9-26)13-19(17)21(28-20)14-5-2-1-3-6-14/h1-3,5-8,11,16-17,19,21,27-28H,4,9-10,12-13,26H2/t16-,17+,19+,21-/m0/s1. The Hall–Kier alpha value is -2.05. The van der Waals surface area contributed by atoms with Crippen molar-refractivity contribution < 1.29 is 13.2 Å². The smallest absolute Gasteiger partial charge is 0.378 e. The lowest BCUT2D eigenvalue weighted by molar-refractivity contribution is -0.137. The molecule has 28 heavy (non-hydrogen) atoms. The van der Waals surface area contributed by atoms with Crippen molar-refractivity contribution in [3.63, 3.8) is 0 Å². The third-order valence-corrected chi connectivity index (χ3v) is 6.10. The van der Waals surface area contributed by atoms with Gasteiger partial charge in [0.2, 0.25) is 0 Å². The van der Waals surface area contributed by atoms with Gasteiger partial charge < -0.3 is 16.4 Å². The summed E-state index contributed by atoms with van der Waals surface area (Å²) in [6, 6.07) is 14.7. The number of hydrogen-bond acceptors (Lipinski definition) is 3. The Morgan fingerprint density at radius 2 is 1.86 bits per heavy atom. The van der Waals surface area contributed by atoms with Gasteiger partial charge in [-0.25, -0.2) is 0 Å². The highest BCUT2D eigenvalue weighted by Crippen LogP contribution is 2.53. The van der Waals surface area contributed by atoms with Crippen LogP contribution in [-0.4, -0.2) is 19.1 Å². The van der Waals surface area contributed by atoms with Crippen molar-refractivity contribution in [1.82, 2.24) is 5.32 Å². The summed E-state index contributed by atoms with van der Waals surface area (Å²) in [5.41, 5.74) is 7.84. The first-order valence-corrected chi connectivity index (χ1v) is 9.93. The van der Waals surface area contributed by atoms with Crippen molar-refractivity contribution in [3.8, 4) is 0 Å². The maximum Gasteiger partial charge on any atom is 0.416 e. The number of alkyl halides is 3. The van der Waals surface area contributed by atoms with E-state index >= 15 is 0 Å². The van der Waals surface area contributed by atoms with E-state index in [1.165, 1.54) is 17.7 Å². The van der Waals surface area contributed by atoms with Crippen LogP contribution in [0.2, 0.25) is 0 Å². The highest BCUT2D eigenvalue weighted by molar-refractivity contribution is 5.59. The van der Waals surface area contributed by atoms with Crippen LogP contribution in [0, 0.1) is 5.92 Å². The van der Waals surface area contributed by atoms with E-state index in [2.05, 4.69) is 22.8 Å². The Kier molecular flexibility index (Phi) is 5.34. The Balaban J connectivity index is 1.67. The zero-order chi connectivity index (χ0) is 19.7. The lowest BCUT2D eigenvalue weighted by Gasteiger charge is -2.38. The number of rotatable bonds is 5. The SMILES string of the molecule is NCCCN[C@@H]1C[C@@H]2[C@H](C1)c1cc(C(F)(F)F)ccc1N[C@H]2c1ccccc1. The van der Waals surface area contributed by atoms with Gasteiger partial charge in [-0.3, -0.25) is 0 Å². The summed E-state index contributed by atoms with van der Waals surface area (Å²) in [6.45, 7) is 1.48. The number of nitrogens with one attached hydrogen (secondary N) is 2. The topological polar surface area (TPSA) is 50.1 Å². The van der Waals surface area contributed by atoms with Crippen molar-refractivity contribution in [2.75, 3.05) is 18.4 Å². The van der Waals surface area contributed by atoms with Gasteiger partial charge in [-0.15, -0.1) is 0 Å². The van der Waals surface area contributed by atoms with Crippen molar-refractivity contribution >= 4 is 5.69 Å². The van der Waals surface area contributed by atoms with E-state index in [0.717, 1.165) is 37.1 Å². The molecule has 6 heteroatoms. The monoisotopic (exact) mass is 389 g/mol. The van der Waals surface area contributed by atoms with Crippen LogP contribution in [0.5, 0.6) is 0 Å². The third-order valence-electron chi connectivity index (χ3n) is 6.10. The van der Waals surface area contributed by atoms with Crippen LogP contribution >= 0.6 is 0 Å². The Morgan fingerprint density at radius 1 is 1.07 bits per heavy atom. The molecule has 2 aromatic carbocycles. The molecule has 4 atom stereocenters. The van der Waals surface area contributed by atoms with Gasteiger partial charge in [-0.1, -0.05) is 30.3 Å². The van der Waals surface area contributed by atoms with Crippen molar-refractivity contribution in [2.24, 2.45) is 11.7 Å². The molecule has 1 aliphatic carbocycles. The Morgan fingerprint density at radius 3 is 2.57 bits per heavy atom. The second-order valence-corrected chi connectivity index (χ2v) is 7.87. The molecule has 0 amide bonds. The minimum Gasteiger partial charge on any atom is -0.378 e. The first kappa shape index (κ1) is 19.3. The Labute approximate surface area is 163 Å². The molecular formula is C22H26F3N3. The number of nitrogens with two attached hydrogens (primary N) is 1. The molecule has 2 aromatic rings. The van der Waals surface area contributed by atoms with Gasteiger partial charge in [0, 0.05) is 11.7 Å². The lowest BCUT2D eigenvalue weighted by Crippen LogP contribution is -2.30. The quantitative estimate of drug-likeness (QED) is 0.651. The number of benzene rings is 2. The van der Waals surface area contributed by atoms with Gasteiger partial charge in [0.15, 0.2) is 0 Å². The van der Waals surface area contributed by atoms with Crippen molar-refractivity contribution in [2.45, 2.75) is 43.4 Å². The molecule has 2 aliphatic rings. The predicted octanol–water partition coefficient (Wildman–Crippen LogP) is 4.67. The first-order chi connectivity index (χ1) is 13.5. The molecule has 3 nitrogen and oxygen atoms in total. The van der Waals surface area contributed by atoms with E-state index in [-0.39, 0.29) is 17.9 Å². The molecule has 0 aromatic heterocycles. The zero-order valence-corrected chi connectivity index (χ0v) is 15.7. The molecule has 0 spiro atoms. The summed E-state index contributed by atoms with van der Waals surface area (Å²) in [5.74, 6) is 0.368. The van der Waals surface area contributed by atoms with Crippen molar-refractivity contribution in [1.29, 1.82) is 0 Å². The maximum absolute atomic E-state index is 13.3. The normalized spacial score (nSPS) is 26.4. The van der Waals surface area contributed by atoms with Crippen LogP contribution < -0.4 is 16.4 Å². The van der Waals surface area contributed by atoms with Gasteiger partial charge in [-0.05, 0) is 73.5 Å². The number of anilines is 1. The Bertz CT molecular complexity index is 806. The summed E-state index contributed by atoms with van der Waals surface area (Å²) in [4.78, 5) is 0. The summed E-state index contributed by atoms with van der Waals surface area (Å²) in [6.07, 6.45) is -1.62. The van der Waals surface area contributed by atoms with Gasteiger partial charge in [0.1, 0.15) is 0 Å². The molecule has 4 N–H and O–H groups in total. The lowest BCUT2D eigenvalue weighted by atomic mass is 9.77. The van der Waals surface area contributed by atoms with Crippen LogP contribution in [0.3, 0.4) is 0 Å². The second-order valence-electron chi connectivity index (χ2n) is 7.87. The fourth-order valence-corrected chi connectivity index (χ4v) is 4.81. The van der Waals surface area contributed by atoms with Gasteiger partial charge >= 0.3 is 6.18 Å². The molecule has 1 heterocycles. The summed E-state index contributed by atoms with van der Waals surface area (Å²) >= 11 is 0. The van der Waals surface area contributed by atoms with Crippen LogP contribution in [0.1, 0.15) is 47.9 Å². The van der Waals surface area contributed by atoms with Gasteiger partial charge in [-0.2, -0.15) is 13.2 Å². The van der Waals surface area contributed by atoms with Gasteiger partial charge in [0.05, 0.1) is 11.6 Å². The fraction of sp³-hybridized carbons (Fsp3) is 0.455. The average Bonchev–Trinajstić information content (AvgIpc) is 3.11. The predicted molar refractivity (Wildman–Crippen MR) is 105 cm³/mol. The highest BCUT2D eigenvalue weighted by atomic mass is 19.4. The van der Waals surface area contributed by atoms with E-state index < -0.39 is 11.7 Å². The molecule has 1 fully saturated rings. The zero-order valence-electron chi connectivity index (χ0n) is 15.7. The largest absolute Gasteiger partial charge is 0.416 e. The molecule has 1 saturated carbocycles. The molecule has 150 valence electrons. The third kappa shape index (κ3) is 3.76. The van der Waals surface area contributed by atoms with E-state index in [1.54, 1.807) is 6.07 Å². The maximum atomic E-state index is 13.3. The molecule has 4 rings (SSSR count). The van der Waals surface area contributed by atoms with Crippen molar-refractivity contribution in [3.05, 3.63) is 65.2 Å². The van der Waals surface area contributed by atoms with E-state index in [4.69, 9.17) is 5.73 Å². The molecular weight excluding hydrogens is 363 g/mol. The van der Waals surface area contributed by atoms with Gasteiger partial charge in [0.25, 0.3) is 0 Å².